The number of halogens is 1. The molecular weight excluding hydrogens is 534 g/mol. The number of rotatable bonds is 16. The van der Waals surface area contributed by atoms with Crippen molar-refractivity contribution >= 4 is 35.6 Å². The molecule has 0 radical (unpaired) electrons. The lowest BCUT2D eigenvalue weighted by Crippen LogP contribution is -2.18. The minimum absolute atomic E-state index is 0.0406. The Morgan fingerprint density at radius 1 is 1.08 bits per heavy atom. The van der Waals surface area contributed by atoms with Crippen molar-refractivity contribution in [2.45, 2.75) is 38.7 Å². The Morgan fingerprint density at radius 3 is 2.54 bits per heavy atom. The van der Waals surface area contributed by atoms with Crippen LogP contribution in [0.15, 0.2) is 48.5 Å². The van der Waals surface area contributed by atoms with Crippen molar-refractivity contribution in [3.8, 4) is 11.5 Å². The van der Waals surface area contributed by atoms with E-state index in [1.807, 2.05) is 6.92 Å². The van der Waals surface area contributed by atoms with E-state index in [9.17, 15) is 24.5 Å². The zero-order chi connectivity index (χ0) is 28.6. The molecule has 11 nitrogen and oxygen atoms in total. The normalized spacial score (nSPS) is 11.5. The third-order valence-corrected chi connectivity index (χ3v) is 5.48. The van der Waals surface area contributed by atoms with E-state index in [0.29, 0.717) is 17.5 Å². The van der Waals surface area contributed by atoms with Crippen molar-refractivity contribution in [2.24, 2.45) is 0 Å². The summed E-state index contributed by atoms with van der Waals surface area (Å²) in [5.41, 5.74) is 1.31. The van der Waals surface area contributed by atoms with Gasteiger partial charge in [-0.1, -0.05) is 37.6 Å². The number of ether oxygens (including phenoxy) is 4. The summed E-state index contributed by atoms with van der Waals surface area (Å²) < 4.78 is 21.4. The maximum atomic E-state index is 13.2. The highest BCUT2D eigenvalue weighted by Crippen LogP contribution is 2.32. The van der Waals surface area contributed by atoms with E-state index in [-0.39, 0.29) is 42.6 Å². The van der Waals surface area contributed by atoms with Crippen molar-refractivity contribution in [3.05, 3.63) is 75.3 Å². The summed E-state index contributed by atoms with van der Waals surface area (Å²) in [5.74, 6) is -1.81. The number of alkyl halides is 1. The lowest BCUT2D eigenvalue weighted by molar-refractivity contribution is -0.757. The summed E-state index contributed by atoms with van der Waals surface area (Å²) in [7, 11) is 1.40. The average molecular weight is 564 g/mol. The molecule has 0 bridgehead atoms. The van der Waals surface area contributed by atoms with Crippen LogP contribution < -0.4 is 9.47 Å². The van der Waals surface area contributed by atoms with Crippen LogP contribution in [0.4, 0.5) is 0 Å². The summed E-state index contributed by atoms with van der Waals surface area (Å²) in [6.07, 6.45) is 4.34. The number of hydrogen-bond acceptors (Lipinski definition) is 10. The van der Waals surface area contributed by atoms with Crippen LogP contribution >= 0.6 is 11.6 Å². The number of unbranched alkanes of at least 4 members (excludes halogenated alkanes) is 1. The average Bonchev–Trinajstić information content (AvgIpc) is 2.94. The molecule has 0 aliphatic carbocycles. The second-order valence-corrected chi connectivity index (χ2v) is 8.32. The Labute approximate surface area is 230 Å². The molecule has 0 heterocycles. The van der Waals surface area contributed by atoms with Crippen molar-refractivity contribution in [1.82, 2.24) is 0 Å². The first kappa shape index (κ1) is 31.1. The molecule has 0 fully saturated rings. The summed E-state index contributed by atoms with van der Waals surface area (Å²) in [5, 5.41) is 9.17. The Balaban J connectivity index is 2.12. The third kappa shape index (κ3) is 10.6. The van der Waals surface area contributed by atoms with Gasteiger partial charge in [-0.15, -0.1) is 21.7 Å². The van der Waals surface area contributed by atoms with Crippen LogP contribution in [0.3, 0.4) is 0 Å². The Bertz CT molecular complexity index is 1170. The number of benzene rings is 2. The maximum Gasteiger partial charge on any atom is 0.344 e. The molecule has 0 aliphatic rings. The molecule has 39 heavy (non-hydrogen) atoms. The summed E-state index contributed by atoms with van der Waals surface area (Å²) in [6.45, 7) is 1.79. The zero-order valence-electron chi connectivity index (χ0n) is 21.6. The Morgan fingerprint density at radius 2 is 1.85 bits per heavy atom. The first-order valence-corrected chi connectivity index (χ1v) is 12.7. The summed E-state index contributed by atoms with van der Waals surface area (Å²) in [4.78, 5) is 51.1. The molecule has 2 aromatic rings. The molecule has 12 heteroatoms. The number of esters is 3. The molecule has 0 N–H and O–H groups in total. The van der Waals surface area contributed by atoms with Crippen LogP contribution in [0.25, 0.3) is 6.08 Å². The highest BCUT2D eigenvalue weighted by atomic mass is 35.5. The van der Waals surface area contributed by atoms with Crippen LogP contribution in [-0.4, -0.2) is 49.2 Å². The topological polar surface area (TPSA) is 141 Å². The first-order valence-electron chi connectivity index (χ1n) is 12.2. The molecule has 0 spiro atoms. The quantitative estimate of drug-likeness (QED) is 0.0516. The second-order valence-electron chi connectivity index (χ2n) is 8.05. The molecule has 0 aliphatic heterocycles. The molecule has 210 valence electrons. The van der Waals surface area contributed by atoms with Gasteiger partial charge in [-0.2, -0.15) is 0 Å². The molecule has 2 rings (SSSR count). The van der Waals surface area contributed by atoms with Crippen LogP contribution in [0.5, 0.6) is 11.5 Å². The summed E-state index contributed by atoms with van der Waals surface area (Å²) in [6, 6.07) is 11.4. The van der Waals surface area contributed by atoms with Gasteiger partial charge in [0.2, 0.25) is 0 Å². The first-order chi connectivity index (χ1) is 18.8. The van der Waals surface area contributed by atoms with E-state index >= 15 is 0 Å². The van der Waals surface area contributed by atoms with Crippen LogP contribution in [0.2, 0.25) is 0 Å². The monoisotopic (exact) mass is 563 g/mol. The van der Waals surface area contributed by atoms with Gasteiger partial charge in [0, 0.05) is 18.1 Å². The fraction of sp³-hybridized carbons (Fsp3) is 0.370. The Hall–Kier alpha value is -4.12. The molecule has 0 unspecified atom stereocenters. The largest absolute Gasteiger partial charge is 0.493 e. The van der Waals surface area contributed by atoms with Gasteiger partial charge < -0.3 is 23.8 Å². The molecule has 0 aromatic heterocycles. The van der Waals surface area contributed by atoms with Gasteiger partial charge in [0.05, 0.1) is 25.9 Å². The van der Waals surface area contributed by atoms with Crippen LogP contribution in [0, 0.1) is 10.1 Å². The third-order valence-electron chi connectivity index (χ3n) is 5.26. The molecule has 0 saturated heterocycles. The number of nitrogens with zero attached hydrogens (tertiary/aromatic N) is 1. The van der Waals surface area contributed by atoms with Gasteiger partial charge in [-0.25, -0.2) is 9.59 Å². The standard InChI is InChI=1S/C27H30ClNO10/c1-3-4-10-22(38-26(31)18-28)20-8-5-6-9-21(20)27(32)39-23-13-11-19(17-24(23)35-2)12-14-25(30)36-15-7-16-37-29(33)34/h5-6,8-9,11-14,17,22H,3-4,7,10,15-16,18H2,1-2H3/b14-12+/t22-/m1/s1. The minimum Gasteiger partial charge on any atom is -0.493 e. The van der Waals surface area contributed by atoms with Crippen molar-refractivity contribution in [3.63, 3.8) is 0 Å². The van der Waals surface area contributed by atoms with Gasteiger partial charge in [0.25, 0.3) is 5.09 Å². The van der Waals surface area contributed by atoms with Gasteiger partial charge in [-0.3, -0.25) is 4.79 Å². The number of carbonyl (C=O) groups excluding carboxylic acids is 3. The van der Waals surface area contributed by atoms with Crippen molar-refractivity contribution in [2.75, 3.05) is 26.2 Å². The van der Waals surface area contributed by atoms with Gasteiger partial charge in [-0.05, 0) is 42.7 Å². The number of hydrogen-bond donors (Lipinski definition) is 0. The summed E-state index contributed by atoms with van der Waals surface area (Å²) >= 11 is 5.62. The van der Waals surface area contributed by atoms with Gasteiger partial charge >= 0.3 is 17.9 Å². The number of methoxy groups -OCH3 is 1. The molecule has 2 aromatic carbocycles. The van der Waals surface area contributed by atoms with E-state index < -0.39 is 29.1 Å². The fourth-order valence-corrected chi connectivity index (χ4v) is 3.49. The smallest absolute Gasteiger partial charge is 0.344 e. The molecular formula is C27H30ClNO10. The van der Waals surface area contributed by atoms with Crippen LogP contribution in [0.1, 0.15) is 60.2 Å². The van der Waals surface area contributed by atoms with E-state index in [1.54, 1.807) is 36.4 Å². The highest BCUT2D eigenvalue weighted by Gasteiger charge is 2.24. The lowest BCUT2D eigenvalue weighted by atomic mass is 9.98. The van der Waals surface area contributed by atoms with E-state index in [0.717, 1.165) is 12.8 Å². The van der Waals surface area contributed by atoms with Crippen molar-refractivity contribution < 1.29 is 43.3 Å². The maximum absolute atomic E-state index is 13.2. The fourth-order valence-electron chi connectivity index (χ4n) is 3.43. The predicted molar refractivity (Wildman–Crippen MR) is 141 cm³/mol. The zero-order valence-corrected chi connectivity index (χ0v) is 22.4. The number of carbonyl (C=O) groups is 3. The van der Waals surface area contributed by atoms with Crippen molar-refractivity contribution in [1.29, 1.82) is 0 Å². The minimum atomic E-state index is -0.918. The highest BCUT2D eigenvalue weighted by molar-refractivity contribution is 6.26. The van der Waals surface area contributed by atoms with E-state index in [2.05, 4.69) is 4.84 Å². The molecule has 0 amide bonds. The predicted octanol–water partition coefficient (Wildman–Crippen LogP) is 5.08. The second kappa shape index (κ2) is 16.7. The van der Waals surface area contributed by atoms with Gasteiger partial charge in [0.1, 0.15) is 12.0 Å². The van der Waals surface area contributed by atoms with Crippen LogP contribution in [-0.2, 0) is 23.9 Å². The SMILES string of the molecule is CCCC[C@@H](OC(=O)CCl)c1ccccc1C(=O)Oc1ccc(/C=C/C(=O)OCCCO[N+](=O)[O-])cc1OC. The van der Waals surface area contributed by atoms with E-state index in [1.165, 1.54) is 25.3 Å². The molecule has 1 atom stereocenters. The Kier molecular flexibility index (Phi) is 13.3. The van der Waals surface area contributed by atoms with E-state index in [4.69, 9.17) is 30.5 Å². The van der Waals surface area contributed by atoms with Gasteiger partial charge in [0.15, 0.2) is 11.5 Å². The lowest BCUT2D eigenvalue weighted by Gasteiger charge is -2.20. The molecule has 0 saturated carbocycles.